The number of hydrogen-bond donors (Lipinski definition) is 1. The fourth-order valence-electron chi connectivity index (χ4n) is 2.45. The number of carboxylic acids is 1. The van der Waals surface area contributed by atoms with Gasteiger partial charge in [0.2, 0.25) is 0 Å². The summed E-state index contributed by atoms with van der Waals surface area (Å²) < 4.78 is 19.8. The smallest absolute Gasteiger partial charge is 0.303 e. The van der Waals surface area contributed by atoms with Crippen LogP contribution in [0.4, 0.5) is 4.39 Å². The molecule has 0 aliphatic carbocycles. The number of amides is 1. The maximum Gasteiger partial charge on any atom is 0.303 e. The third kappa shape index (κ3) is 4.03. The van der Waals surface area contributed by atoms with Gasteiger partial charge in [-0.15, -0.1) is 0 Å². The number of carbonyl (C=O) groups is 2. The van der Waals surface area contributed by atoms with Gasteiger partial charge in [0.15, 0.2) is 0 Å². The van der Waals surface area contributed by atoms with Crippen LogP contribution in [0.3, 0.4) is 0 Å². The van der Waals surface area contributed by atoms with Crippen LogP contribution in [0.5, 0.6) is 0 Å². The van der Waals surface area contributed by atoms with Crippen molar-refractivity contribution in [3.63, 3.8) is 0 Å². The number of benzene rings is 1. The molecule has 0 unspecified atom stereocenters. The molecule has 26 heavy (non-hydrogen) atoms. The number of hydrogen-bond acceptors (Lipinski definition) is 5. The molecule has 1 N–H and O–H groups in total. The monoisotopic (exact) mass is 391 g/mol. The minimum absolute atomic E-state index is 0.0275. The lowest BCUT2D eigenvalue weighted by atomic mass is 10.1. The quantitative estimate of drug-likeness (QED) is 0.589. The van der Waals surface area contributed by atoms with E-state index in [0.717, 1.165) is 11.8 Å². The number of halogens is 1. The van der Waals surface area contributed by atoms with Crippen LogP contribution in [0.1, 0.15) is 18.6 Å². The molecular weight excluding hydrogens is 377 g/mol. The van der Waals surface area contributed by atoms with Crippen molar-refractivity contribution in [2.45, 2.75) is 12.8 Å². The molecule has 8 heteroatoms. The Balaban J connectivity index is 1.75. The van der Waals surface area contributed by atoms with Crippen molar-refractivity contribution in [3.05, 3.63) is 52.9 Å². The van der Waals surface area contributed by atoms with Crippen LogP contribution in [0.2, 0.25) is 0 Å². The number of thiocarbonyl (C=S) groups is 1. The average molecular weight is 391 g/mol. The van der Waals surface area contributed by atoms with Crippen LogP contribution >= 0.6 is 24.0 Å². The van der Waals surface area contributed by atoms with Gasteiger partial charge in [0.05, 0.1) is 10.5 Å². The number of aliphatic carboxylic acids is 1. The number of rotatable bonds is 6. The van der Waals surface area contributed by atoms with Crippen LogP contribution < -0.4 is 0 Å². The molecule has 1 saturated heterocycles. The third-order valence-electron chi connectivity index (χ3n) is 3.69. The van der Waals surface area contributed by atoms with Crippen molar-refractivity contribution in [2.75, 3.05) is 6.54 Å². The zero-order chi connectivity index (χ0) is 18.7. The first-order valence-corrected chi connectivity index (χ1v) is 9.00. The van der Waals surface area contributed by atoms with Crippen LogP contribution in [-0.4, -0.2) is 32.7 Å². The first-order valence-electron chi connectivity index (χ1n) is 7.77. The van der Waals surface area contributed by atoms with Gasteiger partial charge in [0, 0.05) is 19.0 Å². The maximum absolute atomic E-state index is 13.8. The summed E-state index contributed by atoms with van der Waals surface area (Å²) >= 11 is 6.32. The van der Waals surface area contributed by atoms with Crippen molar-refractivity contribution in [1.29, 1.82) is 0 Å². The van der Waals surface area contributed by atoms with Gasteiger partial charge in [0.25, 0.3) is 5.91 Å². The molecule has 0 radical (unpaired) electrons. The zero-order valence-corrected chi connectivity index (χ0v) is 15.1. The number of furan rings is 1. The number of thioether (sulfide) groups is 1. The molecule has 5 nitrogen and oxygen atoms in total. The highest BCUT2D eigenvalue weighted by atomic mass is 32.2. The van der Waals surface area contributed by atoms with Crippen molar-refractivity contribution in [2.24, 2.45) is 0 Å². The molecule has 0 saturated carbocycles. The molecular formula is C18H14FNO4S2. The van der Waals surface area contributed by atoms with Crippen molar-refractivity contribution in [1.82, 2.24) is 4.90 Å². The van der Waals surface area contributed by atoms with Crippen LogP contribution in [-0.2, 0) is 9.59 Å². The Bertz CT molecular complexity index is 906. The van der Waals surface area contributed by atoms with Gasteiger partial charge in [0.1, 0.15) is 21.7 Å². The molecule has 1 amide bonds. The minimum Gasteiger partial charge on any atom is -0.481 e. The largest absolute Gasteiger partial charge is 0.481 e. The second kappa shape index (κ2) is 7.84. The van der Waals surface area contributed by atoms with E-state index in [0.29, 0.717) is 32.7 Å². The first-order chi connectivity index (χ1) is 12.5. The van der Waals surface area contributed by atoms with Crippen LogP contribution in [0.15, 0.2) is 45.7 Å². The molecule has 1 aromatic heterocycles. The van der Waals surface area contributed by atoms with Crippen molar-refractivity contribution in [3.8, 4) is 11.3 Å². The topological polar surface area (TPSA) is 70.8 Å². The van der Waals surface area contributed by atoms with Gasteiger partial charge in [-0.3, -0.25) is 14.5 Å². The molecule has 2 heterocycles. The Labute approximate surface area is 158 Å². The summed E-state index contributed by atoms with van der Waals surface area (Å²) in [5.74, 6) is -0.810. The molecule has 1 aliphatic rings. The summed E-state index contributed by atoms with van der Waals surface area (Å²) in [6, 6.07) is 9.55. The van der Waals surface area contributed by atoms with E-state index in [-0.39, 0.29) is 18.9 Å². The standard InChI is InChI=1S/C18H14FNO4S2/c19-13-5-2-1-4-12(13)14-8-7-11(24-14)10-15-17(23)20(18(25)26-15)9-3-6-16(21)22/h1-2,4-5,7-8,10H,3,6,9H2,(H,21,22)/b15-10+. The Kier molecular flexibility index (Phi) is 5.53. The van der Waals surface area contributed by atoms with Crippen LogP contribution in [0.25, 0.3) is 17.4 Å². The highest BCUT2D eigenvalue weighted by molar-refractivity contribution is 8.26. The Morgan fingerprint density at radius 3 is 2.81 bits per heavy atom. The molecule has 0 bridgehead atoms. The molecule has 1 fully saturated rings. The Hall–Kier alpha value is -2.45. The molecule has 1 aliphatic heterocycles. The predicted octanol–water partition coefficient (Wildman–Crippen LogP) is 4.15. The fourth-order valence-corrected chi connectivity index (χ4v) is 3.74. The fraction of sp³-hybridized carbons (Fsp3) is 0.167. The van der Waals surface area contributed by atoms with Gasteiger partial charge in [-0.25, -0.2) is 4.39 Å². The Morgan fingerprint density at radius 2 is 2.08 bits per heavy atom. The van der Waals surface area contributed by atoms with Crippen molar-refractivity contribution < 1.29 is 23.5 Å². The summed E-state index contributed by atoms with van der Waals surface area (Å²) in [5, 5.41) is 8.69. The Morgan fingerprint density at radius 1 is 1.31 bits per heavy atom. The van der Waals surface area contributed by atoms with E-state index >= 15 is 0 Å². The third-order valence-corrected chi connectivity index (χ3v) is 5.06. The van der Waals surface area contributed by atoms with E-state index in [1.54, 1.807) is 36.4 Å². The van der Waals surface area contributed by atoms with Gasteiger partial charge >= 0.3 is 5.97 Å². The highest BCUT2D eigenvalue weighted by Crippen LogP contribution is 2.34. The molecule has 3 rings (SSSR count). The van der Waals surface area contributed by atoms with Gasteiger partial charge in [-0.2, -0.15) is 0 Å². The molecule has 134 valence electrons. The predicted molar refractivity (Wildman–Crippen MR) is 101 cm³/mol. The van der Waals surface area contributed by atoms with Gasteiger partial charge in [-0.1, -0.05) is 36.1 Å². The summed E-state index contributed by atoms with van der Waals surface area (Å²) in [7, 11) is 0. The lowest BCUT2D eigenvalue weighted by Crippen LogP contribution is -2.29. The molecule has 2 aromatic rings. The summed E-state index contributed by atoms with van der Waals surface area (Å²) in [4.78, 5) is 24.8. The second-order valence-electron chi connectivity index (χ2n) is 5.51. The summed E-state index contributed by atoms with van der Waals surface area (Å²) in [5.41, 5.74) is 0.341. The van der Waals surface area contributed by atoms with E-state index in [2.05, 4.69) is 0 Å². The lowest BCUT2D eigenvalue weighted by molar-refractivity contribution is -0.137. The van der Waals surface area contributed by atoms with E-state index in [4.69, 9.17) is 21.7 Å². The minimum atomic E-state index is -0.915. The molecule has 1 aromatic carbocycles. The second-order valence-corrected chi connectivity index (χ2v) is 7.19. The normalized spacial score (nSPS) is 15.9. The van der Waals surface area contributed by atoms with E-state index in [1.165, 1.54) is 11.0 Å². The van der Waals surface area contributed by atoms with Crippen LogP contribution in [0, 0.1) is 5.82 Å². The SMILES string of the molecule is O=C(O)CCCN1C(=O)/C(=C\c2ccc(-c3ccccc3F)o2)SC1=S. The summed E-state index contributed by atoms with van der Waals surface area (Å²) in [6.07, 6.45) is 1.86. The van der Waals surface area contributed by atoms with Gasteiger partial charge < -0.3 is 9.52 Å². The summed E-state index contributed by atoms with van der Waals surface area (Å²) in [6.45, 7) is 0.257. The highest BCUT2D eigenvalue weighted by Gasteiger charge is 2.32. The lowest BCUT2D eigenvalue weighted by Gasteiger charge is -2.13. The van der Waals surface area contributed by atoms with Crippen molar-refractivity contribution >= 4 is 46.3 Å². The van der Waals surface area contributed by atoms with E-state index in [9.17, 15) is 14.0 Å². The number of carboxylic acid groups (broad SMARTS) is 1. The van der Waals surface area contributed by atoms with E-state index in [1.807, 2.05) is 0 Å². The molecule has 0 spiro atoms. The van der Waals surface area contributed by atoms with E-state index < -0.39 is 11.8 Å². The number of nitrogens with zero attached hydrogens (tertiary/aromatic N) is 1. The maximum atomic E-state index is 13.8. The van der Waals surface area contributed by atoms with Gasteiger partial charge in [-0.05, 0) is 30.7 Å². The zero-order valence-electron chi connectivity index (χ0n) is 13.5. The molecule has 0 atom stereocenters. The first kappa shape index (κ1) is 18.3. The number of carbonyl (C=O) groups excluding carboxylic acids is 1. The average Bonchev–Trinajstić information content (AvgIpc) is 3.15.